The molecule has 1 aromatic rings. The van der Waals surface area contributed by atoms with Gasteiger partial charge in [-0.15, -0.1) is 0 Å². The second-order valence-electron chi connectivity index (χ2n) is 4.14. The molecule has 1 aromatic carbocycles. The van der Waals surface area contributed by atoms with Crippen LogP contribution < -0.4 is 4.74 Å². The van der Waals surface area contributed by atoms with E-state index >= 15 is 0 Å². The quantitative estimate of drug-likeness (QED) is 0.887. The Morgan fingerprint density at radius 1 is 1.35 bits per heavy atom. The van der Waals surface area contributed by atoms with Gasteiger partial charge in [0, 0.05) is 6.42 Å². The maximum atomic E-state index is 12.1. The zero-order chi connectivity index (χ0) is 12.5. The van der Waals surface area contributed by atoms with E-state index in [1.807, 2.05) is 6.07 Å². The van der Waals surface area contributed by atoms with Gasteiger partial charge in [0.1, 0.15) is 11.9 Å². The molecule has 1 heterocycles. The first-order valence-corrected chi connectivity index (χ1v) is 5.46. The van der Waals surface area contributed by atoms with Crippen LogP contribution in [0.2, 0.25) is 0 Å². The third-order valence-corrected chi connectivity index (χ3v) is 2.84. The Morgan fingerprint density at radius 2 is 2.12 bits per heavy atom. The van der Waals surface area contributed by atoms with Crippen molar-refractivity contribution in [2.24, 2.45) is 0 Å². The van der Waals surface area contributed by atoms with Crippen LogP contribution in [0, 0.1) is 0 Å². The van der Waals surface area contributed by atoms with Crippen molar-refractivity contribution in [2.45, 2.75) is 31.5 Å². The van der Waals surface area contributed by atoms with Crippen LogP contribution in [0.3, 0.4) is 0 Å². The minimum Gasteiger partial charge on any atom is -0.493 e. The molecule has 0 saturated heterocycles. The van der Waals surface area contributed by atoms with Crippen LogP contribution in [0.5, 0.6) is 5.75 Å². The zero-order valence-corrected chi connectivity index (χ0v) is 9.13. The largest absolute Gasteiger partial charge is 0.493 e. The molecule has 2 rings (SSSR count). The predicted octanol–water partition coefficient (Wildman–Crippen LogP) is 2.48. The lowest BCUT2D eigenvalue weighted by atomic mass is 10.0. The Labute approximate surface area is 97.0 Å². The maximum absolute atomic E-state index is 12.1. The Balaban J connectivity index is 1.96. The molecule has 1 atom stereocenters. The fourth-order valence-electron chi connectivity index (χ4n) is 1.86. The van der Waals surface area contributed by atoms with Crippen LogP contribution in [-0.4, -0.2) is 24.0 Å². The van der Waals surface area contributed by atoms with Gasteiger partial charge in [0.05, 0.1) is 6.61 Å². The lowest BCUT2D eigenvalue weighted by molar-refractivity contribution is -0.205. The minimum atomic E-state index is -4.53. The molecule has 5 heteroatoms. The lowest BCUT2D eigenvalue weighted by Gasteiger charge is -2.14. The van der Waals surface area contributed by atoms with Crippen molar-refractivity contribution < 1.29 is 23.0 Å². The molecule has 0 aliphatic carbocycles. The van der Waals surface area contributed by atoms with Crippen LogP contribution in [0.15, 0.2) is 18.2 Å². The third kappa shape index (κ3) is 2.91. The highest BCUT2D eigenvalue weighted by atomic mass is 19.4. The average Bonchev–Trinajstić information content (AvgIpc) is 2.71. The molecule has 0 unspecified atom stereocenters. The SMILES string of the molecule is O[C@@H](CCc1ccc2c(c1)CCO2)C(F)(F)F. The molecule has 0 bridgehead atoms. The van der Waals surface area contributed by atoms with E-state index in [0.29, 0.717) is 6.61 Å². The van der Waals surface area contributed by atoms with Crippen molar-refractivity contribution in [1.29, 1.82) is 0 Å². The van der Waals surface area contributed by atoms with Crippen molar-refractivity contribution in [3.63, 3.8) is 0 Å². The molecule has 1 aliphatic rings. The number of aliphatic hydroxyl groups is 1. The molecular weight excluding hydrogens is 233 g/mol. The van der Waals surface area contributed by atoms with Crippen molar-refractivity contribution in [2.75, 3.05) is 6.61 Å². The van der Waals surface area contributed by atoms with Gasteiger partial charge in [0.25, 0.3) is 0 Å². The molecule has 1 aliphatic heterocycles. The standard InChI is InChI=1S/C12H13F3O2/c13-12(14,15)11(16)4-2-8-1-3-10-9(7-8)5-6-17-10/h1,3,7,11,16H,2,4-6H2/t11-/m0/s1. The van der Waals surface area contributed by atoms with Crippen molar-refractivity contribution in [3.05, 3.63) is 29.3 Å². The van der Waals surface area contributed by atoms with Crippen LogP contribution in [-0.2, 0) is 12.8 Å². The topological polar surface area (TPSA) is 29.5 Å². The summed E-state index contributed by atoms with van der Waals surface area (Å²) in [4.78, 5) is 0. The normalized spacial score (nSPS) is 16.5. The summed E-state index contributed by atoms with van der Waals surface area (Å²) in [6.45, 7) is 0.629. The molecule has 0 radical (unpaired) electrons. The van der Waals surface area contributed by atoms with Crippen LogP contribution in [0.25, 0.3) is 0 Å². The number of aryl methyl sites for hydroxylation is 1. The van der Waals surface area contributed by atoms with Gasteiger partial charge in [0.15, 0.2) is 0 Å². The van der Waals surface area contributed by atoms with Gasteiger partial charge in [-0.25, -0.2) is 0 Å². The van der Waals surface area contributed by atoms with Gasteiger partial charge in [0.2, 0.25) is 0 Å². The summed E-state index contributed by atoms with van der Waals surface area (Å²) in [7, 11) is 0. The number of halogens is 3. The van der Waals surface area contributed by atoms with Gasteiger partial charge in [-0.05, 0) is 30.0 Å². The number of alkyl halides is 3. The van der Waals surface area contributed by atoms with Crippen LogP contribution >= 0.6 is 0 Å². The Kier molecular flexibility index (Phi) is 3.28. The molecule has 17 heavy (non-hydrogen) atoms. The Bertz CT molecular complexity index is 401. The summed E-state index contributed by atoms with van der Waals surface area (Å²) in [5.74, 6) is 0.810. The van der Waals surface area contributed by atoms with E-state index in [-0.39, 0.29) is 12.8 Å². The molecule has 0 aromatic heterocycles. The molecule has 0 spiro atoms. The van der Waals surface area contributed by atoms with E-state index in [2.05, 4.69) is 0 Å². The molecule has 0 saturated carbocycles. The molecule has 0 fully saturated rings. The lowest BCUT2D eigenvalue weighted by Crippen LogP contribution is -2.28. The van der Waals surface area contributed by atoms with Gasteiger partial charge in [-0.2, -0.15) is 13.2 Å². The number of ether oxygens (including phenoxy) is 1. The minimum absolute atomic E-state index is 0.216. The zero-order valence-electron chi connectivity index (χ0n) is 9.13. The van der Waals surface area contributed by atoms with Crippen molar-refractivity contribution >= 4 is 0 Å². The first-order valence-electron chi connectivity index (χ1n) is 5.46. The number of hydrogen-bond donors (Lipinski definition) is 1. The van der Waals surface area contributed by atoms with E-state index in [9.17, 15) is 13.2 Å². The van der Waals surface area contributed by atoms with E-state index in [1.165, 1.54) is 0 Å². The van der Waals surface area contributed by atoms with Gasteiger partial charge in [-0.1, -0.05) is 12.1 Å². The van der Waals surface area contributed by atoms with Crippen molar-refractivity contribution in [3.8, 4) is 5.75 Å². The number of benzene rings is 1. The highest BCUT2D eigenvalue weighted by Gasteiger charge is 2.37. The maximum Gasteiger partial charge on any atom is 0.414 e. The Hall–Kier alpha value is -1.23. The van der Waals surface area contributed by atoms with E-state index < -0.39 is 12.3 Å². The fraction of sp³-hybridized carbons (Fsp3) is 0.500. The van der Waals surface area contributed by atoms with Gasteiger partial charge < -0.3 is 9.84 Å². The summed E-state index contributed by atoms with van der Waals surface area (Å²) in [6, 6.07) is 5.37. The smallest absolute Gasteiger partial charge is 0.414 e. The van der Waals surface area contributed by atoms with E-state index in [4.69, 9.17) is 9.84 Å². The van der Waals surface area contributed by atoms with E-state index in [0.717, 1.165) is 23.3 Å². The third-order valence-electron chi connectivity index (χ3n) is 2.84. The molecule has 1 N–H and O–H groups in total. The van der Waals surface area contributed by atoms with Crippen LogP contribution in [0.4, 0.5) is 13.2 Å². The average molecular weight is 246 g/mol. The second kappa shape index (κ2) is 4.56. The van der Waals surface area contributed by atoms with Crippen molar-refractivity contribution in [1.82, 2.24) is 0 Å². The summed E-state index contributed by atoms with van der Waals surface area (Å²) in [5, 5.41) is 8.89. The van der Waals surface area contributed by atoms with Crippen LogP contribution in [0.1, 0.15) is 17.5 Å². The first-order chi connectivity index (χ1) is 7.97. The summed E-state index contributed by atoms with van der Waals surface area (Å²) >= 11 is 0. The van der Waals surface area contributed by atoms with Gasteiger partial charge >= 0.3 is 6.18 Å². The fourth-order valence-corrected chi connectivity index (χ4v) is 1.86. The monoisotopic (exact) mass is 246 g/mol. The van der Waals surface area contributed by atoms with Gasteiger partial charge in [-0.3, -0.25) is 0 Å². The number of fused-ring (bicyclic) bond motifs is 1. The molecule has 2 nitrogen and oxygen atoms in total. The highest BCUT2D eigenvalue weighted by Crippen LogP contribution is 2.28. The predicted molar refractivity (Wildman–Crippen MR) is 56.0 cm³/mol. The number of aliphatic hydroxyl groups excluding tert-OH is 1. The first kappa shape index (κ1) is 12.2. The summed E-state index contributed by atoms with van der Waals surface area (Å²) in [6.07, 6.45) is -6.06. The number of hydrogen-bond acceptors (Lipinski definition) is 2. The summed E-state index contributed by atoms with van der Waals surface area (Å²) in [5.41, 5.74) is 1.83. The molecular formula is C12H13F3O2. The van der Waals surface area contributed by atoms with E-state index in [1.54, 1.807) is 12.1 Å². The second-order valence-corrected chi connectivity index (χ2v) is 4.14. The molecule has 0 amide bonds. The Morgan fingerprint density at radius 3 is 2.82 bits per heavy atom. The highest BCUT2D eigenvalue weighted by molar-refractivity contribution is 5.39. The number of rotatable bonds is 3. The summed E-state index contributed by atoms with van der Waals surface area (Å²) < 4.78 is 41.6. The molecule has 94 valence electrons.